The Bertz CT molecular complexity index is 1120. The molecule has 1 unspecified atom stereocenters. The molecule has 2 bridgehead atoms. The fraction of sp³-hybridized carbons (Fsp3) is 0.500. The van der Waals surface area contributed by atoms with Gasteiger partial charge >= 0.3 is 6.18 Å². The van der Waals surface area contributed by atoms with E-state index < -0.39 is 18.6 Å². The van der Waals surface area contributed by atoms with Gasteiger partial charge in [0.2, 0.25) is 5.95 Å². The number of alkyl halides is 3. The molecule has 32 heavy (non-hydrogen) atoms. The Kier molecular flexibility index (Phi) is 5.01. The van der Waals surface area contributed by atoms with E-state index >= 15 is 0 Å². The summed E-state index contributed by atoms with van der Waals surface area (Å²) in [4.78, 5) is 14.5. The maximum atomic E-state index is 14.3. The molecule has 0 spiro atoms. The van der Waals surface area contributed by atoms with Gasteiger partial charge in [-0.1, -0.05) is 0 Å². The molecule has 1 N–H and O–H groups in total. The van der Waals surface area contributed by atoms with Gasteiger partial charge in [-0.15, -0.1) is 5.10 Å². The average molecular weight is 451 g/mol. The summed E-state index contributed by atoms with van der Waals surface area (Å²) >= 11 is 0. The zero-order valence-electron chi connectivity index (χ0n) is 17.2. The van der Waals surface area contributed by atoms with E-state index in [4.69, 9.17) is 4.74 Å². The van der Waals surface area contributed by atoms with Crippen LogP contribution in [0.3, 0.4) is 0 Å². The van der Waals surface area contributed by atoms with Crippen LogP contribution >= 0.6 is 0 Å². The van der Waals surface area contributed by atoms with Crippen LogP contribution in [0, 0.1) is 24.6 Å². The van der Waals surface area contributed by atoms with E-state index in [1.807, 2.05) is 4.90 Å². The number of aryl methyl sites for hydroxylation is 1. The molecule has 2 aliphatic rings. The number of aromatic nitrogens is 5. The maximum absolute atomic E-state index is 14.3. The first-order valence-electron chi connectivity index (χ1n) is 10.3. The largest absolute Gasteiger partial charge is 0.480 e. The summed E-state index contributed by atoms with van der Waals surface area (Å²) in [6.07, 6.45) is 0.298. The van der Waals surface area contributed by atoms with Gasteiger partial charge < -0.3 is 15.0 Å². The Labute approximate surface area is 180 Å². The molecule has 0 aromatic carbocycles. The Balaban J connectivity index is 1.32. The Morgan fingerprint density at radius 1 is 1.19 bits per heavy atom. The van der Waals surface area contributed by atoms with Crippen LogP contribution in [0.15, 0.2) is 24.5 Å². The Morgan fingerprint density at radius 2 is 1.94 bits per heavy atom. The lowest BCUT2D eigenvalue weighted by molar-refractivity contribution is -0.153. The quantitative estimate of drug-likeness (QED) is 0.597. The lowest BCUT2D eigenvalue weighted by Gasteiger charge is -2.38. The van der Waals surface area contributed by atoms with Crippen molar-refractivity contribution in [1.82, 2.24) is 24.6 Å². The number of halogens is 4. The maximum Gasteiger partial charge on any atom is 0.422 e. The molecule has 3 aromatic rings. The first kappa shape index (κ1) is 20.7. The van der Waals surface area contributed by atoms with Crippen molar-refractivity contribution < 1.29 is 22.3 Å². The highest BCUT2D eigenvalue weighted by Gasteiger charge is 2.43. The molecule has 1 saturated carbocycles. The molecule has 2 fully saturated rings. The smallest absolute Gasteiger partial charge is 0.422 e. The summed E-state index contributed by atoms with van der Waals surface area (Å²) in [6.45, 7) is 1.60. The standard InChI is InChI=1S/C20H21F4N7O/c1-11-25-7-14(21)17(26-11)30-8-12-4-5-13(9-30)16(12)27-19-28-18-15(32-10-20(22,23)24)3-2-6-31(18)29-19/h2-3,6-7,12-13,16H,4-5,8-10H2,1H3,(H,27,29)/t12-,13+,16?. The van der Waals surface area contributed by atoms with Gasteiger partial charge in [-0.2, -0.15) is 18.2 Å². The lowest BCUT2D eigenvalue weighted by atomic mass is 9.92. The molecule has 3 aromatic heterocycles. The van der Waals surface area contributed by atoms with Crippen molar-refractivity contribution in [3.8, 4) is 5.75 Å². The first-order valence-corrected chi connectivity index (χ1v) is 10.3. The van der Waals surface area contributed by atoms with Crippen LogP contribution in [0.2, 0.25) is 0 Å². The number of pyridine rings is 1. The van der Waals surface area contributed by atoms with E-state index in [9.17, 15) is 17.6 Å². The third-order valence-corrected chi connectivity index (χ3v) is 5.99. The topological polar surface area (TPSA) is 80.5 Å². The molecule has 5 rings (SSSR count). The number of nitrogens with one attached hydrogen (secondary N) is 1. The Hall–Kier alpha value is -3.18. The number of nitrogens with zero attached hydrogens (tertiary/aromatic N) is 6. The zero-order valence-corrected chi connectivity index (χ0v) is 17.2. The van der Waals surface area contributed by atoms with Gasteiger partial charge in [-0.25, -0.2) is 18.9 Å². The SMILES string of the molecule is Cc1ncc(F)c(N2C[C@H]3CC[C@@H](C2)C3Nc2nc3c(OCC(F)(F)F)cccn3n2)n1. The number of piperidine rings is 1. The van der Waals surface area contributed by atoms with Crippen molar-refractivity contribution in [1.29, 1.82) is 0 Å². The molecule has 170 valence electrons. The number of hydrogen-bond donors (Lipinski definition) is 1. The summed E-state index contributed by atoms with van der Waals surface area (Å²) in [5.41, 5.74) is 0.211. The fourth-order valence-corrected chi connectivity index (χ4v) is 4.66. The molecule has 1 saturated heterocycles. The minimum Gasteiger partial charge on any atom is -0.480 e. The van der Waals surface area contributed by atoms with E-state index in [0.29, 0.717) is 30.7 Å². The first-order chi connectivity index (χ1) is 15.3. The fourth-order valence-electron chi connectivity index (χ4n) is 4.66. The highest BCUT2D eigenvalue weighted by molar-refractivity contribution is 5.56. The van der Waals surface area contributed by atoms with Gasteiger partial charge in [-0.3, -0.25) is 0 Å². The van der Waals surface area contributed by atoms with Gasteiger partial charge in [0.15, 0.2) is 29.6 Å². The average Bonchev–Trinajstić information content (AvgIpc) is 3.24. The normalized spacial score (nSPS) is 23.0. The summed E-state index contributed by atoms with van der Waals surface area (Å²) in [5.74, 6) is 1.21. The lowest BCUT2D eigenvalue weighted by Crippen LogP contribution is -2.48. The summed E-state index contributed by atoms with van der Waals surface area (Å²) in [7, 11) is 0. The molecule has 8 nitrogen and oxygen atoms in total. The summed E-state index contributed by atoms with van der Waals surface area (Å²) in [6, 6.07) is 3.06. The van der Waals surface area contributed by atoms with E-state index in [-0.39, 0.29) is 29.3 Å². The molecule has 4 heterocycles. The third-order valence-electron chi connectivity index (χ3n) is 5.99. The zero-order chi connectivity index (χ0) is 22.5. The number of anilines is 2. The van der Waals surface area contributed by atoms with Crippen molar-refractivity contribution in [3.63, 3.8) is 0 Å². The van der Waals surface area contributed by atoms with Gasteiger partial charge in [-0.05, 0) is 43.7 Å². The van der Waals surface area contributed by atoms with E-state index in [0.717, 1.165) is 12.8 Å². The van der Waals surface area contributed by atoms with Crippen LogP contribution < -0.4 is 15.0 Å². The van der Waals surface area contributed by atoms with Crippen LogP contribution in [-0.4, -0.2) is 56.5 Å². The van der Waals surface area contributed by atoms with Crippen LogP contribution in [0.1, 0.15) is 18.7 Å². The van der Waals surface area contributed by atoms with Crippen molar-refractivity contribution in [2.24, 2.45) is 11.8 Å². The van der Waals surface area contributed by atoms with Crippen LogP contribution in [0.4, 0.5) is 29.3 Å². The van der Waals surface area contributed by atoms with Crippen molar-refractivity contribution in [2.75, 3.05) is 29.9 Å². The van der Waals surface area contributed by atoms with Gasteiger partial charge in [0, 0.05) is 25.3 Å². The number of hydrogen-bond acceptors (Lipinski definition) is 7. The van der Waals surface area contributed by atoms with Crippen molar-refractivity contribution in [2.45, 2.75) is 32.0 Å². The molecule has 1 aliphatic carbocycles. The second-order valence-corrected chi connectivity index (χ2v) is 8.24. The number of rotatable bonds is 5. The summed E-state index contributed by atoms with van der Waals surface area (Å²) < 4.78 is 58.2. The molecule has 3 atom stereocenters. The van der Waals surface area contributed by atoms with E-state index in [2.05, 4.69) is 25.4 Å². The van der Waals surface area contributed by atoms with E-state index in [1.54, 1.807) is 19.2 Å². The highest BCUT2D eigenvalue weighted by Crippen LogP contribution is 2.40. The van der Waals surface area contributed by atoms with Crippen molar-refractivity contribution in [3.05, 3.63) is 36.2 Å². The predicted molar refractivity (Wildman–Crippen MR) is 107 cm³/mol. The minimum absolute atomic E-state index is 0.0118. The molecule has 0 radical (unpaired) electrons. The predicted octanol–water partition coefficient (Wildman–Crippen LogP) is 3.23. The third kappa shape index (κ3) is 4.00. The number of fused-ring (bicyclic) bond motifs is 3. The van der Waals surface area contributed by atoms with Gasteiger partial charge in [0.25, 0.3) is 0 Å². The van der Waals surface area contributed by atoms with Gasteiger partial charge in [0.1, 0.15) is 5.82 Å². The van der Waals surface area contributed by atoms with Crippen LogP contribution in [0.5, 0.6) is 5.75 Å². The Morgan fingerprint density at radius 3 is 2.66 bits per heavy atom. The molecular formula is C20H21F4N7O. The summed E-state index contributed by atoms with van der Waals surface area (Å²) in [5, 5.41) is 7.71. The van der Waals surface area contributed by atoms with Gasteiger partial charge in [0.05, 0.1) is 6.20 Å². The van der Waals surface area contributed by atoms with Crippen LogP contribution in [0.25, 0.3) is 5.65 Å². The van der Waals surface area contributed by atoms with E-state index in [1.165, 1.54) is 16.8 Å². The highest BCUT2D eigenvalue weighted by atomic mass is 19.4. The molecule has 0 amide bonds. The molecular weight excluding hydrogens is 430 g/mol. The van der Waals surface area contributed by atoms with Crippen molar-refractivity contribution >= 4 is 17.4 Å². The molecule has 1 aliphatic heterocycles. The second kappa shape index (κ2) is 7.75. The monoisotopic (exact) mass is 451 g/mol. The minimum atomic E-state index is -4.44. The molecule has 12 heteroatoms. The number of ether oxygens (including phenoxy) is 1. The second-order valence-electron chi connectivity index (χ2n) is 8.24. The van der Waals surface area contributed by atoms with Crippen LogP contribution in [-0.2, 0) is 0 Å².